The zero-order chi connectivity index (χ0) is 24.9. The third-order valence-electron chi connectivity index (χ3n) is 5.72. The second-order valence-corrected chi connectivity index (χ2v) is 8.21. The second kappa shape index (κ2) is 10.3. The molecule has 2 aromatic carbocycles. The molecule has 1 aliphatic heterocycles. The van der Waals surface area contributed by atoms with Gasteiger partial charge in [-0.25, -0.2) is 4.98 Å². The van der Waals surface area contributed by atoms with E-state index in [0.29, 0.717) is 17.8 Å². The number of hydrogen-bond donors (Lipinski definition) is 2. The fourth-order valence-electron chi connectivity index (χ4n) is 3.78. The number of nitro benzene ring substituents is 1. The molecule has 3 N–H and O–H groups in total. The van der Waals surface area contributed by atoms with Crippen molar-refractivity contribution in [1.82, 2.24) is 14.9 Å². The third-order valence-corrected chi connectivity index (χ3v) is 5.72. The number of likely N-dealkylation sites (N-methyl/N-ethyl adjacent to an activating group) is 1. The predicted octanol–water partition coefficient (Wildman–Crippen LogP) is 3.33. The average molecular weight is 478 g/mol. The minimum Gasteiger partial charge on any atom is -0.437 e. The Labute approximate surface area is 202 Å². The first kappa shape index (κ1) is 23.9. The molecule has 1 aliphatic rings. The monoisotopic (exact) mass is 477 g/mol. The fourth-order valence-corrected chi connectivity index (χ4v) is 3.78. The maximum atomic E-state index is 12.2. The Morgan fingerprint density at radius 2 is 1.89 bits per heavy atom. The lowest BCUT2D eigenvalue weighted by atomic mass is 10.2. The maximum Gasteiger partial charge on any atom is 0.273 e. The van der Waals surface area contributed by atoms with Crippen molar-refractivity contribution in [2.45, 2.75) is 13.3 Å². The van der Waals surface area contributed by atoms with Crippen molar-refractivity contribution in [3.63, 3.8) is 0 Å². The first-order chi connectivity index (χ1) is 16.8. The Morgan fingerprint density at radius 3 is 2.57 bits per heavy atom. The highest BCUT2D eigenvalue weighted by molar-refractivity contribution is 5.96. The van der Waals surface area contributed by atoms with Crippen molar-refractivity contribution in [1.29, 1.82) is 0 Å². The summed E-state index contributed by atoms with van der Waals surface area (Å²) in [5, 5.41) is 14.3. The number of amides is 1. The summed E-state index contributed by atoms with van der Waals surface area (Å²) in [5.41, 5.74) is 7.64. The van der Waals surface area contributed by atoms with E-state index < -0.39 is 10.8 Å². The van der Waals surface area contributed by atoms with Crippen LogP contribution in [0.2, 0.25) is 0 Å². The molecule has 1 fully saturated rings. The van der Waals surface area contributed by atoms with Crippen LogP contribution in [0.15, 0.2) is 48.5 Å². The Morgan fingerprint density at radius 1 is 1.14 bits per heavy atom. The molecule has 2 heterocycles. The van der Waals surface area contributed by atoms with E-state index >= 15 is 0 Å². The number of nitro groups is 1. The SMILES string of the molecule is CCc1nc(C(N)=O)c(Nc2cccc(N3CCN(C)CC3)c2)nc1Oc1cccc([N+](=O)[O-])c1. The summed E-state index contributed by atoms with van der Waals surface area (Å²) in [6.07, 6.45) is 0.413. The molecule has 11 nitrogen and oxygen atoms in total. The highest BCUT2D eigenvalue weighted by Gasteiger charge is 2.20. The quantitative estimate of drug-likeness (QED) is 0.369. The molecule has 0 aliphatic carbocycles. The van der Waals surface area contributed by atoms with E-state index in [1.54, 1.807) is 6.07 Å². The van der Waals surface area contributed by atoms with Crippen molar-refractivity contribution in [3.05, 3.63) is 70.0 Å². The van der Waals surface area contributed by atoms with E-state index in [1.165, 1.54) is 18.2 Å². The minimum atomic E-state index is -0.730. The van der Waals surface area contributed by atoms with E-state index in [2.05, 4.69) is 32.1 Å². The molecule has 11 heteroatoms. The van der Waals surface area contributed by atoms with Crippen molar-refractivity contribution >= 4 is 28.8 Å². The normalized spacial score (nSPS) is 13.9. The lowest BCUT2D eigenvalue weighted by molar-refractivity contribution is -0.384. The highest BCUT2D eigenvalue weighted by Crippen LogP contribution is 2.30. The number of anilines is 3. The number of aromatic nitrogens is 2. The van der Waals surface area contributed by atoms with Crippen molar-refractivity contribution in [2.24, 2.45) is 5.73 Å². The number of benzene rings is 2. The van der Waals surface area contributed by atoms with Gasteiger partial charge in [-0.1, -0.05) is 19.1 Å². The molecule has 4 rings (SSSR count). The topological polar surface area (TPSA) is 140 Å². The Kier molecular flexibility index (Phi) is 7.06. The number of rotatable bonds is 8. The van der Waals surface area contributed by atoms with Gasteiger partial charge >= 0.3 is 0 Å². The standard InChI is InChI=1S/C24H27N7O4/c1-3-20-24(35-19-9-5-8-18(15-19)31(33)34)28-23(21(27-20)22(25)32)26-16-6-4-7-17(14-16)30-12-10-29(2)11-13-30/h4-9,14-15H,3,10-13H2,1-2H3,(H2,25,32)(H,26,28). The molecule has 0 unspecified atom stereocenters. The van der Waals surface area contributed by atoms with Gasteiger partial charge in [0.2, 0.25) is 5.88 Å². The number of aryl methyl sites for hydroxylation is 1. The van der Waals surface area contributed by atoms with Crippen molar-refractivity contribution in [2.75, 3.05) is 43.4 Å². The number of carbonyl (C=O) groups is 1. The molecule has 182 valence electrons. The molecule has 1 aromatic heterocycles. The van der Waals surface area contributed by atoms with E-state index in [0.717, 1.165) is 31.9 Å². The molecule has 0 atom stereocenters. The summed E-state index contributed by atoms with van der Waals surface area (Å²) in [6.45, 7) is 5.62. The number of nitrogens with zero attached hydrogens (tertiary/aromatic N) is 5. The Bertz CT molecular complexity index is 1240. The smallest absolute Gasteiger partial charge is 0.273 e. The summed E-state index contributed by atoms with van der Waals surface area (Å²) in [7, 11) is 2.10. The van der Waals surface area contributed by atoms with Gasteiger partial charge in [-0.2, -0.15) is 4.98 Å². The van der Waals surface area contributed by atoms with Crippen LogP contribution < -0.4 is 20.7 Å². The number of nitrogens with one attached hydrogen (secondary N) is 1. The number of hydrogen-bond acceptors (Lipinski definition) is 9. The predicted molar refractivity (Wildman–Crippen MR) is 133 cm³/mol. The number of carbonyl (C=O) groups excluding carboxylic acids is 1. The molecule has 1 amide bonds. The van der Waals surface area contributed by atoms with Crippen LogP contribution in [0.3, 0.4) is 0 Å². The first-order valence-corrected chi connectivity index (χ1v) is 11.3. The zero-order valence-electron chi connectivity index (χ0n) is 19.6. The third kappa shape index (κ3) is 5.64. The molecule has 1 saturated heterocycles. The van der Waals surface area contributed by atoms with Gasteiger partial charge < -0.3 is 25.6 Å². The molecule has 3 aromatic rings. The highest BCUT2D eigenvalue weighted by atomic mass is 16.6. The number of primary amides is 1. The lowest BCUT2D eigenvalue weighted by Gasteiger charge is -2.34. The Balaban J connectivity index is 1.65. The van der Waals surface area contributed by atoms with Crippen LogP contribution in [-0.2, 0) is 6.42 Å². The van der Waals surface area contributed by atoms with E-state index in [-0.39, 0.29) is 28.8 Å². The number of piperazine rings is 1. The van der Waals surface area contributed by atoms with Gasteiger partial charge in [0, 0.05) is 43.6 Å². The molecule has 0 bridgehead atoms. The summed E-state index contributed by atoms with van der Waals surface area (Å²) < 4.78 is 5.85. The summed E-state index contributed by atoms with van der Waals surface area (Å²) in [5.74, 6) is -0.216. The average Bonchev–Trinajstić information content (AvgIpc) is 2.85. The molecule has 0 saturated carbocycles. The summed E-state index contributed by atoms with van der Waals surface area (Å²) >= 11 is 0. The van der Waals surface area contributed by atoms with Gasteiger partial charge in [0.15, 0.2) is 11.5 Å². The van der Waals surface area contributed by atoms with Crippen LogP contribution in [0, 0.1) is 10.1 Å². The van der Waals surface area contributed by atoms with E-state index in [4.69, 9.17) is 10.5 Å². The number of non-ortho nitro benzene ring substituents is 1. The van der Waals surface area contributed by atoms with Gasteiger partial charge in [-0.05, 0) is 37.7 Å². The van der Waals surface area contributed by atoms with Gasteiger partial charge in [-0.3, -0.25) is 14.9 Å². The van der Waals surface area contributed by atoms with E-state index in [9.17, 15) is 14.9 Å². The summed E-state index contributed by atoms with van der Waals surface area (Å²) in [6, 6.07) is 13.6. The van der Waals surface area contributed by atoms with Gasteiger partial charge in [-0.15, -0.1) is 0 Å². The van der Waals surface area contributed by atoms with Gasteiger partial charge in [0.05, 0.1) is 11.0 Å². The zero-order valence-corrected chi connectivity index (χ0v) is 19.6. The largest absolute Gasteiger partial charge is 0.437 e. The minimum absolute atomic E-state index is 0.0155. The van der Waals surface area contributed by atoms with Crippen LogP contribution in [-0.4, -0.2) is 58.9 Å². The fraction of sp³-hybridized carbons (Fsp3) is 0.292. The van der Waals surface area contributed by atoms with E-state index in [1.807, 2.05) is 31.2 Å². The van der Waals surface area contributed by atoms with Crippen LogP contribution in [0.5, 0.6) is 11.6 Å². The maximum absolute atomic E-state index is 12.2. The van der Waals surface area contributed by atoms with Crippen LogP contribution in [0.1, 0.15) is 23.1 Å². The molecule has 0 radical (unpaired) electrons. The summed E-state index contributed by atoms with van der Waals surface area (Å²) in [4.78, 5) is 36.2. The number of nitrogens with two attached hydrogens (primary N) is 1. The first-order valence-electron chi connectivity index (χ1n) is 11.3. The van der Waals surface area contributed by atoms with Crippen molar-refractivity contribution < 1.29 is 14.5 Å². The van der Waals surface area contributed by atoms with Gasteiger partial charge in [0.25, 0.3) is 11.6 Å². The lowest BCUT2D eigenvalue weighted by Crippen LogP contribution is -2.44. The van der Waals surface area contributed by atoms with Crippen LogP contribution in [0.25, 0.3) is 0 Å². The second-order valence-electron chi connectivity index (χ2n) is 8.21. The van der Waals surface area contributed by atoms with Crippen LogP contribution in [0.4, 0.5) is 22.9 Å². The molecular formula is C24H27N7O4. The Hall–Kier alpha value is -4.25. The van der Waals surface area contributed by atoms with Crippen LogP contribution >= 0.6 is 0 Å². The van der Waals surface area contributed by atoms with Gasteiger partial charge in [0.1, 0.15) is 11.4 Å². The molecular weight excluding hydrogens is 450 g/mol. The molecule has 0 spiro atoms. The molecule has 35 heavy (non-hydrogen) atoms. The van der Waals surface area contributed by atoms with Crippen molar-refractivity contribution in [3.8, 4) is 11.6 Å². The number of ether oxygens (including phenoxy) is 1.